The first-order chi connectivity index (χ1) is 10.9. The molecule has 3 rings (SSSR count). The lowest BCUT2D eigenvalue weighted by Crippen LogP contribution is -2.29. The summed E-state index contributed by atoms with van der Waals surface area (Å²) in [6, 6.07) is 8.39. The molecule has 1 aromatic carbocycles. The lowest BCUT2D eigenvalue weighted by Gasteiger charge is -2.15. The molecule has 0 spiro atoms. The Morgan fingerprint density at radius 3 is 1.86 bits per heavy atom. The zero-order valence-electron chi connectivity index (χ0n) is 12.7. The molecule has 6 heteroatoms. The van der Waals surface area contributed by atoms with Crippen LogP contribution in [-0.2, 0) is 22.8 Å². The number of hydrogen-bond acceptors (Lipinski definition) is 4. The highest BCUT2D eigenvalue weighted by atomic mass is 16.6. The minimum absolute atomic E-state index is 0.664. The summed E-state index contributed by atoms with van der Waals surface area (Å²) >= 11 is 0. The number of amidine groups is 2. The van der Waals surface area contributed by atoms with Gasteiger partial charge < -0.3 is 0 Å². The van der Waals surface area contributed by atoms with Gasteiger partial charge in [-0.3, -0.25) is 30.6 Å². The van der Waals surface area contributed by atoms with E-state index in [1.54, 1.807) is 0 Å². The van der Waals surface area contributed by atoms with Crippen molar-refractivity contribution in [1.82, 2.24) is 11.0 Å². The van der Waals surface area contributed by atoms with Crippen LogP contribution in [0.3, 0.4) is 0 Å². The summed E-state index contributed by atoms with van der Waals surface area (Å²) in [4.78, 5) is 19.5. The SMILES string of the molecule is c1cc(CN=C2CCCON2)cc(CN=C2CCCON2)c1. The van der Waals surface area contributed by atoms with Crippen molar-refractivity contribution in [1.29, 1.82) is 0 Å². The van der Waals surface area contributed by atoms with E-state index in [0.717, 1.165) is 50.6 Å². The van der Waals surface area contributed by atoms with Gasteiger partial charge in [-0.2, -0.15) is 0 Å². The van der Waals surface area contributed by atoms with Crippen molar-refractivity contribution in [2.75, 3.05) is 13.2 Å². The van der Waals surface area contributed by atoms with Crippen LogP contribution >= 0.6 is 0 Å². The molecule has 0 saturated carbocycles. The quantitative estimate of drug-likeness (QED) is 0.894. The maximum absolute atomic E-state index is 5.18. The fraction of sp³-hybridized carbons (Fsp3) is 0.500. The highest BCUT2D eigenvalue weighted by Gasteiger charge is 2.07. The Bertz CT molecular complexity index is 496. The van der Waals surface area contributed by atoms with Crippen LogP contribution in [0.4, 0.5) is 0 Å². The molecule has 2 fully saturated rings. The van der Waals surface area contributed by atoms with E-state index in [1.807, 2.05) is 0 Å². The van der Waals surface area contributed by atoms with Crippen molar-refractivity contribution in [3.05, 3.63) is 35.4 Å². The van der Waals surface area contributed by atoms with E-state index < -0.39 is 0 Å². The van der Waals surface area contributed by atoms with E-state index in [1.165, 1.54) is 11.1 Å². The number of hydrogen-bond donors (Lipinski definition) is 2. The highest BCUT2D eigenvalue weighted by Crippen LogP contribution is 2.10. The fourth-order valence-corrected chi connectivity index (χ4v) is 2.42. The Kier molecular flexibility index (Phi) is 5.39. The number of hydroxylamine groups is 2. The van der Waals surface area contributed by atoms with Crippen LogP contribution in [0.2, 0.25) is 0 Å². The first-order valence-corrected chi connectivity index (χ1v) is 7.80. The molecular weight excluding hydrogens is 280 g/mol. The molecule has 0 radical (unpaired) electrons. The maximum atomic E-state index is 5.18. The van der Waals surface area contributed by atoms with Gasteiger partial charge in [0.05, 0.1) is 26.3 Å². The summed E-state index contributed by atoms with van der Waals surface area (Å²) < 4.78 is 0. The number of aliphatic imine (C=N–C) groups is 2. The molecule has 0 aliphatic carbocycles. The molecule has 118 valence electrons. The van der Waals surface area contributed by atoms with E-state index >= 15 is 0 Å². The van der Waals surface area contributed by atoms with Crippen LogP contribution in [0, 0.1) is 0 Å². The van der Waals surface area contributed by atoms with E-state index in [4.69, 9.17) is 9.68 Å². The second-order valence-corrected chi connectivity index (χ2v) is 5.45. The Balaban J connectivity index is 1.57. The number of nitrogens with zero attached hydrogens (tertiary/aromatic N) is 2. The van der Waals surface area contributed by atoms with E-state index in [9.17, 15) is 0 Å². The molecule has 6 nitrogen and oxygen atoms in total. The smallest absolute Gasteiger partial charge is 0.121 e. The van der Waals surface area contributed by atoms with Gasteiger partial charge >= 0.3 is 0 Å². The molecule has 2 aliphatic heterocycles. The first-order valence-electron chi connectivity index (χ1n) is 7.80. The molecule has 0 bridgehead atoms. The fourth-order valence-electron chi connectivity index (χ4n) is 2.42. The van der Waals surface area contributed by atoms with Crippen molar-refractivity contribution < 1.29 is 9.68 Å². The minimum Gasteiger partial charge on any atom is -0.275 e. The maximum Gasteiger partial charge on any atom is 0.121 e. The number of benzene rings is 1. The zero-order valence-corrected chi connectivity index (χ0v) is 12.7. The van der Waals surface area contributed by atoms with Gasteiger partial charge in [0.1, 0.15) is 11.7 Å². The van der Waals surface area contributed by atoms with Crippen LogP contribution in [0.5, 0.6) is 0 Å². The van der Waals surface area contributed by atoms with Gasteiger partial charge in [-0.15, -0.1) is 0 Å². The summed E-state index contributed by atoms with van der Waals surface area (Å²) in [5.41, 5.74) is 8.13. The molecular formula is C16H22N4O2. The average Bonchev–Trinajstić information content (AvgIpc) is 2.60. The Morgan fingerprint density at radius 1 is 0.864 bits per heavy atom. The van der Waals surface area contributed by atoms with Crippen LogP contribution in [-0.4, -0.2) is 24.9 Å². The van der Waals surface area contributed by atoms with Gasteiger partial charge in [0.15, 0.2) is 0 Å². The molecule has 2 N–H and O–H groups in total. The summed E-state index contributed by atoms with van der Waals surface area (Å²) in [6.45, 7) is 2.84. The highest BCUT2D eigenvalue weighted by molar-refractivity contribution is 5.82. The van der Waals surface area contributed by atoms with Crippen LogP contribution in [0.25, 0.3) is 0 Å². The zero-order chi connectivity index (χ0) is 15.0. The molecule has 22 heavy (non-hydrogen) atoms. The molecule has 0 atom stereocenters. The predicted octanol–water partition coefficient (Wildman–Crippen LogP) is 2.11. The lowest BCUT2D eigenvalue weighted by atomic mass is 10.1. The van der Waals surface area contributed by atoms with E-state index in [0.29, 0.717) is 13.1 Å². The Morgan fingerprint density at radius 2 is 1.41 bits per heavy atom. The summed E-state index contributed by atoms with van der Waals surface area (Å²) in [5.74, 6) is 1.86. The average molecular weight is 302 g/mol. The molecule has 0 amide bonds. The number of rotatable bonds is 4. The summed E-state index contributed by atoms with van der Waals surface area (Å²) in [7, 11) is 0. The number of nitrogens with one attached hydrogen (secondary N) is 2. The largest absolute Gasteiger partial charge is 0.275 e. The standard InChI is InChI=1S/C16H22N4O2/c1-4-13(11-17-15-6-2-8-21-19-15)10-14(5-1)12-18-16-7-3-9-22-20-16/h1,4-5,10H,2-3,6-9,11-12H2,(H,17,19)(H,18,20). The van der Waals surface area contributed by atoms with Gasteiger partial charge in [-0.1, -0.05) is 24.3 Å². The van der Waals surface area contributed by atoms with Gasteiger partial charge in [-0.25, -0.2) is 0 Å². The third-order valence-corrected chi connectivity index (χ3v) is 3.60. The van der Waals surface area contributed by atoms with Gasteiger partial charge in [-0.05, 0) is 24.0 Å². The molecule has 2 aliphatic rings. The third-order valence-electron chi connectivity index (χ3n) is 3.60. The van der Waals surface area contributed by atoms with Crippen LogP contribution < -0.4 is 11.0 Å². The normalized spacial score (nSPS) is 22.4. The van der Waals surface area contributed by atoms with Crippen LogP contribution in [0.15, 0.2) is 34.3 Å². The molecule has 0 aromatic heterocycles. The molecule has 2 saturated heterocycles. The van der Waals surface area contributed by atoms with Gasteiger partial charge in [0.25, 0.3) is 0 Å². The topological polar surface area (TPSA) is 67.2 Å². The lowest BCUT2D eigenvalue weighted by molar-refractivity contribution is 0.0674. The molecule has 2 heterocycles. The van der Waals surface area contributed by atoms with Crippen LogP contribution in [0.1, 0.15) is 36.8 Å². The third kappa shape index (κ3) is 4.54. The van der Waals surface area contributed by atoms with Crippen molar-refractivity contribution in [2.24, 2.45) is 9.98 Å². The van der Waals surface area contributed by atoms with Crippen molar-refractivity contribution in [2.45, 2.75) is 38.8 Å². The van der Waals surface area contributed by atoms with Crippen molar-refractivity contribution in [3.63, 3.8) is 0 Å². The van der Waals surface area contributed by atoms with E-state index in [2.05, 4.69) is 45.2 Å². The predicted molar refractivity (Wildman–Crippen MR) is 85.4 cm³/mol. The summed E-state index contributed by atoms with van der Waals surface area (Å²) in [6.07, 6.45) is 3.97. The minimum atomic E-state index is 0.664. The monoisotopic (exact) mass is 302 g/mol. The van der Waals surface area contributed by atoms with E-state index in [-0.39, 0.29) is 0 Å². The Labute approximate surface area is 130 Å². The first kappa shape index (κ1) is 15.0. The second-order valence-electron chi connectivity index (χ2n) is 5.45. The second kappa shape index (κ2) is 7.91. The van der Waals surface area contributed by atoms with Crippen molar-refractivity contribution in [3.8, 4) is 0 Å². The van der Waals surface area contributed by atoms with Crippen molar-refractivity contribution >= 4 is 11.7 Å². The van der Waals surface area contributed by atoms with Gasteiger partial charge in [0, 0.05) is 12.8 Å². The van der Waals surface area contributed by atoms with Gasteiger partial charge in [0.2, 0.25) is 0 Å². The summed E-state index contributed by atoms with van der Waals surface area (Å²) in [5, 5.41) is 0. The molecule has 0 unspecified atom stereocenters. The Hall–Kier alpha value is -1.92. The molecule has 1 aromatic rings.